The Balaban J connectivity index is 2.26. The summed E-state index contributed by atoms with van der Waals surface area (Å²) >= 11 is 0. The molecule has 0 atom stereocenters. The second-order valence-corrected chi connectivity index (χ2v) is 3.69. The number of nitrogens with one attached hydrogen (secondary N) is 1. The smallest absolute Gasteiger partial charge is 0.346 e. The zero-order valence-corrected chi connectivity index (χ0v) is 9.99. The van der Waals surface area contributed by atoms with E-state index in [9.17, 15) is 9.59 Å². The van der Waals surface area contributed by atoms with Crippen LogP contribution in [0, 0.1) is 0 Å². The number of hydrogen-bond acceptors (Lipinski definition) is 6. The van der Waals surface area contributed by atoms with Crippen LogP contribution in [0.15, 0.2) is 27.9 Å². The molecule has 0 bridgehead atoms. The van der Waals surface area contributed by atoms with E-state index in [0.717, 1.165) is 9.25 Å². The van der Waals surface area contributed by atoms with Gasteiger partial charge in [-0.05, 0) is 12.1 Å². The third-order valence-electron chi connectivity index (χ3n) is 2.39. The van der Waals surface area contributed by atoms with Gasteiger partial charge in [0.15, 0.2) is 0 Å². The summed E-state index contributed by atoms with van der Waals surface area (Å²) in [5, 5.41) is 14.3. The lowest BCUT2D eigenvalue weighted by molar-refractivity contribution is 0.604. The van der Waals surface area contributed by atoms with Gasteiger partial charge in [0.05, 0.1) is 12.2 Å². The van der Waals surface area contributed by atoms with Crippen LogP contribution in [0.25, 0.3) is 0 Å². The molecule has 18 heavy (non-hydrogen) atoms. The van der Waals surface area contributed by atoms with Crippen LogP contribution in [0.2, 0.25) is 0 Å². The van der Waals surface area contributed by atoms with Crippen LogP contribution in [0.1, 0.15) is 5.69 Å². The van der Waals surface area contributed by atoms with Crippen molar-refractivity contribution in [1.82, 2.24) is 24.5 Å². The standard InChI is InChI=1S/C10H12N6O2/c1-15-9(17)8(14-16(2)10(15)18)11-6-7-4-3-5-12-13-7/h3-5H,6H2,1-2H3,(H,11,14). The fraction of sp³-hybridized carbons (Fsp3) is 0.300. The molecular formula is C10H12N6O2. The average molecular weight is 248 g/mol. The van der Waals surface area contributed by atoms with Crippen LogP contribution in [0.3, 0.4) is 0 Å². The number of anilines is 1. The first-order chi connectivity index (χ1) is 8.59. The molecule has 0 unspecified atom stereocenters. The molecule has 0 radical (unpaired) electrons. The van der Waals surface area contributed by atoms with Crippen molar-refractivity contribution in [3.05, 3.63) is 44.9 Å². The maximum absolute atomic E-state index is 11.8. The highest BCUT2D eigenvalue weighted by Gasteiger charge is 2.08. The lowest BCUT2D eigenvalue weighted by Gasteiger charge is -2.07. The zero-order valence-electron chi connectivity index (χ0n) is 9.99. The maximum Gasteiger partial charge on any atom is 0.346 e. The van der Waals surface area contributed by atoms with Gasteiger partial charge in [0.2, 0.25) is 5.82 Å². The Labute approximate surface area is 102 Å². The Morgan fingerprint density at radius 3 is 2.78 bits per heavy atom. The lowest BCUT2D eigenvalue weighted by Crippen LogP contribution is -2.39. The van der Waals surface area contributed by atoms with Gasteiger partial charge >= 0.3 is 5.69 Å². The highest BCUT2D eigenvalue weighted by Crippen LogP contribution is 1.96. The Morgan fingerprint density at radius 2 is 2.11 bits per heavy atom. The molecule has 0 saturated heterocycles. The second kappa shape index (κ2) is 4.78. The first-order valence-corrected chi connectivity index (χ1v) is 5.24. The van der Waals surface area contributed by atoms with Gasteiger partial charge in [-0.1, -0.05) is 0 Å². The van der Waals surface area contributed by atoms with Crippen molar-refractivity contribution < 1.29 is 0 Å². The van der Waals surface area contributed by atoms with Gasteiger partial charge < -0.3 is 5.32 Å². The minimum atomic E-state index is -0.470. The van der Waals surface area contributed by atoms with Crippen molar-refractivity contribution in [2.24, 2.45) is 14.1 Å². The molecule has 94 valence electrons. The lowest BCUT2D eigenvalue weighted by atomic mass is 10.4. The number of nitrogens with zero attached hydrogens (tertiary/aromatic N) is 5. The molecule has 0 aliphatic carbocycles. The molecule has 2 heterocycles. The normalized spacial score (nSPS) is 10.3. The first-order valence-electron chi connectivity index (χ1n) is 5.24. The third-order valence-corrected chi connectivity index (χ3v) is 2.39. The maximum atomic E-state index is 11.8. The van der Waals surface area contributed by atoms with E-state index in [0.29, 0.717) is 12.2 Å². The van der Waals surface area contributed by atoms with Gasteiger partial charge in [-0.2, -0.15) is 10.2 Å². The second-order valence-electron chi connectivity index (χ2n) is 3.69. The van der Waals surface area contributed by atoms with Gasteiger partial charge in [0.1, 0.15) is 0 Å². The molecule has 0 amide bonds. The summed E-state index contributed by atoms with van der Waals surface area (Å²) < 4.78 is 2.09. The van der Waals surface area contributed by atoms with E-state index in [1.807, 2.05) is 0 Å². The SMILES string of the molecule is Cn1nc(NCc2cccnn2)c(=O)n(C)c1=O. The van der Waals surface area contributed by atoms with Crippen molar-refractivity contribution >= 4 is 5.82 Å². The predicted octanol–water partition coefficient (Wildman–Crippen LogP) is -1.12. The molecule has 0 aliphatic heterocycles. The van der Waals surface area contributed by atoms with Crippen molar-refractivity contribution in [1.29, 1.82) is 0 Å². The van der Waals surface area contributed by atoms with E-state index in [1.54, 1.807) is 18.3 Å². The summed E-state index contributed by atoms with van der Waals surface area (Å²) in [5.41, 5.74) is -0.262. The van der Waals surface area contributed by atoms with Gasteiger partial charge in [-0.25, -0.2) is 9.48 Å². The van der Waals surface area contributed by atoms with Gasteiger partial charge in [0.25, 0.3) is 5.56 Å². The molecule has 0 aromatic carbocycles. The fourth-order valence-electron chi connectivity index (χ4n) is 1.41. The van der Waals surface area contributed by atoms with Crippen LogP contribution < -0.4 is 16.6 Å². The summed E-state index contributed by atoms with van der Waals surface area (Å²) in [4.78, 5) is 23.2. The Hall–Kier alpha value is -2.51. The molecule has 0 spiro atoms. The van der Waals surface area contributed by atoms with E-state index < -0.39 is 11.2 Å². The van der Waals surface area contributed by atoms with E-state index in [2.05, 4.69) is 20.6 Å². The number of aryl methyl sites for hydroxylation is 1. The zero-order chi connectivity index (χ0) is 13.1. The summed E-state index contributed by atoms with van der Waals surface area (Å²) in [7, 11) is 2.88. The van der Waals surface area contributed by atoms with E-state index in [1.165, 1.54) is 14.1 Å². The highest BCUT2D eigenvalue weighted by atomic mass is 16.2. The third kappa shape index (κ3) is 2.26. The van der Waals surface area contributed by atoms with Crippen molar-refractivity contribution in [2.75, 3.05) is 5.32 Å². The minimum Gasteiger partial charge on any atom is -0.358 e. The summed E-state index contributed by atoms with van der Waals surface area (Å²) in [5.74, 6) is 0.102. The summed E-state index contributed by atoms with van der Waals surface area (Å²) in [6, 6.07) is 3.52. The Kier molecular flexibility index (Phi) is 3.18. The summed E-state index contributed by atoms with van der Waals surface area (Å²) in [6.45, 7) is 0.314. The minimum absolute atomic E-state index is 0.102. The molecule has 2 aromatic rings. The van der Waals surface area contributed by atoms with Crippen LogP contribution >= 0.6 is 0 Å². The van der Waals surface area contributed by atoms with Crippen molar-refractivity contribution in [3.63, 3.8) is 0 Å². The molecule has 2 rings (SSSR count). The number of aromatic nitrogens is 5. The van der Waals surface area contributed by atoms with Crippen molar-refractivity contribution in [3.8, 4) is 0 Å². The van der Waals surface area contributed by atoms with Crippen LogP contribution in [0.5, 0.6) is 0 Å². The molecule has 0 fully saturated rings. The fourth-order valence-corrected chi connectivity index (χ4v) is 1.41. The highest BCUT2D eigenvalue weighted by molar-refractivity contribution is 5.30. The largest absolute Gasteiger partial charge is 0.358 e. The number of hydrogen-bond donors (Lipinski definition) is 1. The number of rotatable bonds is 3. The van der Waals surface area contributed by atoms with Crippen molar-refractivity contribution in [2.45, 2.75) is 6.54 Å². The van der Waals surface area contributed by atoms with Crippen LogP contribution in [0.4, 0.5) is 5.82 Å². The van der Waals surface area contributed by atoms with Gasteiger partial charge in [0, 0.05) is 20.3 Å². The monoisotopic (exact) mass is 248 g/mol. The molecule has 8 nitrogen and oxygen atoms in total. The average Bonchev–Trinajstić information content (AvgIpc) is 2.40. The summed E-state index contributed by atoms with van der Waals surface area (Å²) in [6.07, 6.45) is 1.56. The van der Waals surface area contributed by atoms with E-state index in [4.69, 9.17) is 0 Å². The van der Waals surface area contributed by atoms with Gasteiger partial charge in [-0.15, -0.1) is 5.10 Å². The molecule has 1 N–H and O–H groups in total. The van der Waals surface area contributed by atoms with Crippen LogP contribution in [-0.2, 0) is 20.6 Å². The molecule has 0 saturated carbocycles. The Morgan fingerprint density at radius 1 is 1.33 bits per heavy atom. The quantitative estimate of drug-likeness (QED) is 0.739. The molecule has 2 aromatic heterocycles. The predicted molar refractivity (Wildman–Crippen MR) is 64.1 cm³/mol. The molecule has 0 aliphatic rings. The van der Waals surface area contributed by atoms with E-state index >= 15 is 0 Å². The topological polar surface area (TPSA) is 94.7 Å². The Bertz CT molecular complexity index is 660. The molecule has 8 heteroatoms. The van der Waals surface area contributed by atoms with Gasteiger partial charge in [-0.3, -0.25) is 9.36 Å². The van der Waals surface area contributed by atoms with Crippen LogP contribution in [-0.4, -0.2) is 24.5 Å². The molecular weight excluding hydrogens is 236 g/mol. The van der Waals surface area contributed by atoms with E-state index in [-0.39, 0.29) is 5.82 Å². The first kappa shape index (κ1) is 12.0.